The normalized spacial score (nSPS) is 15.4. The average Bonchev–Trinajstić information content (AvgIpc) is 3.18. The Labute approximate surface area is 178 Å². The van der Waals surface area contributed by atoms with Gasteiger partial charge >= 0.3 is 12.2 Å². The van der Waals surface area contributed by atoms with Crippen molar-refractivity contribution in [2.24, 2.45) is 5.73 Å². The molecule has 1 aromatic heterocycles. The summed E-state index contributed by atoms with van der Waals surface area (Å²) in [5, 5.41) is 11.1. The minimum Gasteiger partial charge on any atom is -0.383 e. The number of nitrogens with two attached hydrogens (primary N) is 1. The van der Waals surface area contributed by atoms with Crippen LogP contribution in [0.15, 0.2) is 48.7 Å². The van der Waals surface area contributed by atoms with Gasteiger partial charge in [-0.3, -0.25) is 4.90 Å². The lowest BCUT2D eigenvalue weighted by molar-refractivity contribution is -0.137. The summed E-state index contributed by atoms with van der Waals surface area (Å²) in [5.74, 6) is -1.02. The predicted molar refractivity (Wildman–Crippen MR) is 108 cm³/mol. The number of anilines is 2. The Morgan fingerprint density at radius 1 is 1.16 bits per heavy atom. The van der Waals surface area contributed by atoms with Crippen LogP contribution in [0.25, 0.3) is 10.4 Å². The number of carbonyl (C=O) groups excluding carboxylic acids is 1. The monoisotopic (exact) mass is 451 g/mol. The molecule has 4 rings (SSSR count). The number of nitrogens with zero attached hydrogens (tertiary/aromatic N) is 2. The highest BCUT2D eigenvalue weighted by Crippen LogP contribution is 2.44. The predicted octanol–water partition coefficient (Wildman–Crippen LogP) is 5.56. The molecule has 1 heterocycles. The Kier molecular flexibility index (Phi) is 5.22. The van der Waals surface area contributed by atoms with Crippen molar-refractivity contribution in [2.45, 2.75) is 31.0 Å². The van der Waals surface area contributed by atoms with Crippen LogP contribution in [0.3, 0.4) is 0 Å². The van der Waals surface area contributed by atoms with E-state index in [4.69, 9.17) is 5.73 Å². The van der Waals surface area contributed by atoms with Crippen molar-refractivity contribution in [3.05, 3.63) is 65.0 Å². The Balaban J connectivity index is 1.66. The lowest BCUT2D eigenvalue weighted by Gasteiger charge is -2.34. The third-order valence-electron chi connectivity index (χ3n) is 5.23. The maximum Gasteiger partial charge on any atom is 0.416 e. The standard InChI is InChI=1S/C21H17F4N3O2S/c22-15-7-4-13(21(23,24)25)10-16(15)28(19(26)29)14-5-2-12(3-6-14)17-11-27-18(31-17)20(30)8-1-9-20/h2-7,10-11,30H,1,8-9H2,(H2,26,29). The molecule has 1 saturated carbocycles. The summed E-state index contributed by atoms with van der Waals surface area (Å²) in [7, 11) is 0. The van der Waals surface area contributed by atoms with Gasteiger partial charge in [0.25, 0.3) is 0 Å². The first-order valence-corrected chi connectivity index (χ1v) is 10.2. The van der Waals surface area contributed by atoms with Crippen LogP contribution in [-0.4, -0.2) is 16.1 Å². The summed E-state index contributed by atoms with van der Waals surface area (Å²) in [5.41, 5.74) is 3.61. The van der Waals surface area contributed by atoms with E-state index in [1.54, 1.807) is 18.3 Å². The highest BCUT2D eigenvalue weighted by molar-refractivity contribution is 7.15. The molecule has 31 heavy (non-hydrogen) atoms. The number of hydrogen-bond acceptors (Lipinski definition) is 4. The fourth-order valence-corrected chi connectivity index (χ4v) is 4.44. The Hall–Kier alpha value is -2.98. The molecule has 3 N–H and O–H groups in total. The van der Waals surface area contributed by atoms with Gasteiger partial charge in [0.1, 0.15) is 16.4 Å². The molecular weight excluding hydrogens is 434 g/mol. The highest BCUT2D eigenvalue weighted by atomic mass is 32.1. The Bertz CT molecular complexity index is 1120. The molecule has 0 unspecified atom stereocenters. The van der Waals surface area contributed by atoms with Crippen molar-refractivity contribution in [2.75, 3.05) is 4.90 Å². The van der Waals surface area contributed by atoms with E-state index < -0.39 is 34.9 Å². The summed E-state index contributed by atoms with van der Waals surface area (Å²) in [6.07, 6.45) is -0.813. The SMILES string of the molecule is NC(=O)N(c1ccc(-c2cnc(C3(O)CCC3)s2)cc1)c1cc(C(F)(F)F)ccc1F. The van der Waals surface area contributed by atoms with Crippen LogP contribution in [0.2, 0.25) is 0 Å². The van der Waals surface area contributed by atoms with Gasteiger partial charge in [-0.25, -0.2) is 14.2 Å². The van der Waals surface area contributed by atoms with Gasteiger partial charge in [-0.05, 0) is 55.2 Å². The van der Waals surface area contributed by atoms with Crippen molar-refractivity contribution in [1.29, 1.82) is 0 Å². The molecule has 1 aliphatic carbocycles. The van der Waals surface area contributed by atoms with Crippen LogP contribution in [0.1, 0.15) is 29.8 Å². The van der Waals surface area contributed by atoms with Crippen LogP contribution < -0.4 is 10.6 Å². The molecule has 0 atom stereocenters. The van der Waals surface area contributed by atoms with Crippen LogP contribution in [0, 0.1) is 5.82 Å². The summed E-state index contributed by atoms with van der Waals surface area (Å²) < 4.78 is 53.4. The summed E-state index contributed by atoms with van der Waals surface area (Å²) in [6, 6.07) is 6.82. The minimum atomic E-state index is -4.70. The van der Waals surface area contributed by atoms with Gasteiger partial charge in [0.05, 0.1) is 21.8 Å². The van der Waals surface area contributed by atoms with E-state index in [1.165, 1.54) is 23.5 Å². The van der Waals surface area contributed by atoms with Crippen LogP contribution >= 0.6 is 11.3 Å². The van der Waals surface area contributed by atoms with Crippen molar-refractivity contribution >= 4 is 28.7 Å². The molecule has 1 aliphatic rings. The van der Waals surface area contributed by atoms with E-state index in [0.29, 0.717) is 40.9 Å². The van der Waals surface area contributed by atoms with E-state index in [0.717, 1.165) is 16.9 Å². The number of aromatic nitrogens is 1. The topological polar surface area (TPSA) is 79.5 Å². The van der Waals surface area contributed by atoms with E-state index in [1.807, 2.05) is 0 Å². The fourth-order valence-electron chi connectivity index (χ4n) is 3.37. The number of carbonyl (C=O) groups is 1. The zero-order valence-corrected chi connectivity index (χ0v) is 16.8. The van der Waals surface area contributed by atoms with Gasteiger partial charge in [0.15, 0.2) is 0 Å². The zero-order valence-electron chi connectivity index (χ0n) is 16.0. The van der Waals surface area contributed by atoms with Crippen molar-refractivity contribution in [3.8, 4) is 10.4 Å². The van der Waals surface area contributed by atoms with Crippen LogP contribution in [0.5, 0.6) is 0 Å². The molecular formula is C21H17F4N3O2S. The number of urea groups is 1. The van der Waals surface area contributed by atoms with Gasteiger partial charge in [0, 0.05) is 6.20 Å². The van der Waals surface area contributed by atoms with E-state index in [9.17, 15) is 27.5 Å². The molecule has 10 heteroatoms. The number of primary amides is 1. The minimum absolute atomic E-state index is 0.108. The smallest absolute Gasteiger partial charge is 0.383 e. The highest BCUT2D eigenvalue weighted by Gasteiger charge is 2.39. The van der Waals surface area contributed by atoms with Crippen LogP contribution in [0.4, 0.5) is 33.7 Å². The largest absolute Gasteiger partial charge is 0.416 e. The molecule has 1 fully saturated rings. The maximum atomic E-state index is 14.3. The molecule has 0 bridgehead atoms. The number of aliphatic hydroxyl groups is 1. The maximum absolute atomic E-state index is 14.3. The molecule has 0 radical (unpaired) electrons. The Morgan fingerprint density at radius 3 is 2.39 bits per heavy atom. The van der Waals surface area contributed by atoms with E-state index >= 15 is 0 Å². The third-order valence-corrected chi connectivity index (χ3v) is 6.47. The number of rotatable bonds is 4. The second-order valence-corrected chi connectivity index (χ2v) is 8.33. The molecule has 2 amide bonds. The van der Waals surface area contributed by atoms with Gasteiger partial charge in [0.2, 0.25) is 0 Å². The van der Waals surface area contributed by atoms with E-state index in [-0.39, 0.29) is 5.69 Å². The number of alkyl halides is 3. The number of hydrogen-bond donors (Lipinski definition) is 2. The molecule has 5 nitrogen and oxygen atoms in total. The molecule has 2 aromatic carbocycles. The number of thiazole rings is 1. The summed E-state index contributed by atoms with van der Waals surface area (Å²) in [6.45, 7) is 0. The molecule has 0 spiro atoms. The van der Waals surface area contributed by atoms with Crippen molar-refractivity contribution < 1.29 is 27.5 Å². The summed E-state index contributed by atoms with van der Waals surface area (Å²) in [4.78, 5) is 17.7. The quantitative estimate of drug-likeness (QED) is 0.510. The first kappa shape index (κ1) is 21.3. The molecule has 3 aromatic rings. The van der Waals surface area contributed by atoms with Crippen molar-refractivity contribution in [1.82, 2.24) is 4.98 Å². The van der Waals surface area contributed by atoms with E-state index in [2.05, 4.69) is 4.98 Å². The number of halogens is 4. The summed E-state index contributed by atoms with van der Waals surface area (Å²) >= 11 is 1.34. The zero-order chi connectivity index (χ0) is 22.4. The van der Waals surface area contributed by atoms with Gasteiger partial charge < -0.3 is 10.8 Å². The molecule has 162 valence electrons. The average molecular weight is 451 g/mol. The Morgan fingerprint density at radius 2 is 1.84 bits per heavy atom. The van der Waals surface area contributed by atoms with Gasteiger partial charge in [-0.15, -0.1) is 11.3 Å². The number of amides is 2. The first-order chi connectivity index (χ1) is 14.6. The lowest BCUT2D eigenvalue weighted by Crippen LogP contribution is -2.33. The molecule has 0 aliphatic heterocycles. The second-order valence-electron chi connectivity index (χ2n) is 7.30. The van der Waals surface area contributed by atoms with Gasteiger partial charge in [-0.2, -0.15) is 13.2 Å². The molecule has 0 saturated heterocycles. The number of benzene rings is 2. The van der Waals surface area contributed by atoms with Gasteiger partial charge in [-0.1, -0.05) is 12.1 Å². The second kappa shape index (κ2) is 7.61. The first-order valence-electron chi connectivity index (χ1n) is 9.34. The third kappa shape index (κ3) is 4.00. The fraction of sp³-hybridized carbons (Fsp3) is 0.238. The lowest BCUT2D eigenvalue weighted by atomic mass is 9.81. The van der Waals surface area contributed by atoms with Crippen molar-refractivity contribution in [3.63, 3.8) is 0 Å². The van der Waals surface area contributed by atoms with Crippen LogP contribution in [-0.2, 0) is 11.8 Å².